The third-order valence-corrected chi connectivity index (χ3v) is 6.45. The number of nitrogen functional groups attached to an aromatic ring is 1. The summed E-state index contributed by atoms with van der Waals surface area (Å²) in [6.45, 7) is 1.49. The number of thioether (sulfide) groups is 1. The Balaban J connectivity index is 1.73. The summed E-state index contributed by atoms with van der Waals surface area (Å²) >= 11 is 2.05. The molecule has 0 bridgehead atoms. The van der Waals surface area contributed by atoms with Crippen LogP contribution < -0.4 is 11.1 Å². The number of rotatable bonds is 11. The molecule has 4 N–H and O–H groups in total. The number of nitrogens with one attached hydrogen (secondary N) is 1. The van der Waals surface area contributed by atoms with Crippen LogP contribution >= 0.6 is 23.3 Å². The summed E-state index contributed by atoms with van der Waals surface area (Å²) in [6.07, 6.45) is 0.433. The van der Waals surface area contributed by atoms with Crippen LogP contribution in [0.15, 0.2) is 16.4 Å². The monoisotopic (exact) mass is 512 g/mol. The quantitative estimate of drug-likeness (QED) is 0.109. The molecule has 34 heavy (non-hydrogen) atoms. The van der Waals surface area contributed by atoms with Crippen LogP contribution in [0.1, 0.15) is 25.6 Å². The molecular weight excluding hydrogens is 492 g/mol. The third kappa shape index (κ3) is 5.33. The summed E-state index contributed by atoms with van der Waals surface area (Å²) in [5.41, 5.74) is 5.21. The molecule has 0 aliphatic carbocycles. The molecular formula is C18H20N6O8S2. The van der Waals surface area contributed by atoms with Crippen molar-refractivity contribution in [3.63, 3.8) is 0 Å². The molecule has 14 nitrogen and oxygen atoms in total. The summed E-state index contributed by atoms with van der Waals surface area (Å²) in [5.74, 6) is -3.40. The third-order valence-electron chi connectivity index (χ3n) is 4.56. The fourth-order valence-electron chi connectivity index (χ4n) is 3.06. The van der Waals surface area contributed by atoms with E-state index >= 15 is 0 Å². The van der Waals surface area contributed by atoms with Crippen molar-refractivity contribution in [3.8, 4) is 0 Å². The molecule has 2 aliphatic heterocycles. The van der Waals surface area contributed by atoms with E-state index in [2.05, 4.69) is 19.8 Å². The fraction of sp³-hybridized carbons (Fsp3) is 0.444. The van der Waals surface area contributed by atoms with Gasteiger partial charge < -0.3 is 30.5 Å². The second-order valence-electron chi connectivity index (χ2n) is 6.80. The maximum atomic E-state index is 12.8. The van der Waals surface area contributed by atoms with E-state index in [4.69, 9.17) is 15.3 Å². The lowest BCUT2D eigenvalue weighted by Gasteiger charge is -2.49. The van der Waals surface area contributed by atoms with Crippen molar-refractivity contribution < 1.29 is 38.7 Å². The molecule has 16 heteroatoms. The number of aromatic nitrogens is 2. The first kappa shape index (κ1) is 25.1. The molecule has 182 valence electrons. The number of esters is 1. The van der Waals surface area contributed by atoms with Gasteiger partial charge in [-0.3, -0.25) is 19.3 Å². The number of fused-ring (bicyclic) bond motifs is 1. The molecule has 0 aromatic carbocycles. The second kappa shape index (κ2) is 11.1. The SMILES string of the molecule is CCO/N=C(\C(=O)N[C@@H]1C(=O)N2C(C(=O)O)=C(COC(=O)CCC=O)CS[C@@H]12)c1nsc(N)n1. The molecule has 0 saturated carbocycles. The number of hydrogen-bond acceptors (Lipinski definition) is 13. The lowest BCUT2D eigenvalue weighted by Crippen LogP contribution is -2.71. The molecule has 0 radical (unpaired) electrons. The van der Waals surface area contributed by atoms with Crippen LogP contribution in [0, 0.1) is 0 Å². The van der Waals surface area contributed by atoms with Crippen molar-refractivity contribution in [3.05, 3.63) is 17.1 Å². The van der Waals surface area contributed by atoms with Gasteiger partial charge in [0.05, 0.1) is 6.42 Å². The van der Waals surface area contributed by atoms with E-state index in [0.29, 0.717) is 6.29 Å². The zero-order chi connectivity index (χ0) is 24.8. The Morgan fingerprint density at radius 3 is 2.79 bits per heavy atom. The van der Waals surface area contributed by atoms with Gasteiger partial charge in [0.15, 0.2) is 5.13 Å². The minimum atomic E-state index is -1.37. The summed E-state index contributed by atoms with van der Waals surface area (Å²) in [7, 11) is 0. The number of hydrogen-bond donors (Lipinski definition) is 3. The first-order valence-corrected chi connectivity index (χ1v) is 11.7. The normalized spacial score (nSPS) is 19.7. The number of carboxylic acid groups (broad SMARTS) is 1. The van der Waals surface area contributed by atoms with Gasteiger partial charge in [-0.1, -0.05) is 5.16 Å². The molecule has 2 amide bonds. The van der Waals surface area contributed by atoms with Crippen LogP contribution in [0.2, 0.25) is 0 Å². The summed E-state index contributed by atoms with van der Waals surface area (Å²) in [6, 6.07) is -1.04. The first-order chi connectivity index (χ1) is 16.3. The number of β-lactam (4-membered cyclic amide) rings is 1. The van der Waals surface area contributed by atoms with Gasteiger partial charge in [-0.25, -0.2) is 4.79 Å². The van der Waals surface area contributed by atoms with Crippen molar-refractivity contribution in [2.45, 2.75) is 31.2 Å². The molecule has 0 unspecified atom stereocenters. The molecule has 1 aromatic rings. The van der Waals surface area contributed by atoms with Gasteiger partial charge in [-0.05, 0) is 6.92 Å². The van der Waals surface area contributed by atoms with Crippen molar-refractivity contribution in [2.75, 3.05) is 24.7 Å². The molecule has 1 fully saturated rings. The van der Waals surface area contributed by atoms with E-state index in [1.165, 1.54) is 11.8 Å². The number of carbonyl (C=O) groups excluding carboxylic acids is 4. The lowest BCUT2D eigenvalue weighted by molar-refractivity contribution is -0.150. The van der Waals surface area contributed by atoms with Crippen LogP contribution in [0.3, 0.4) is 0 Å². The minimum Gasteiger partial charge on any atom is -0.477 e. The zero-order valence-corrected chi connectivity index (χ0v) is 19.4. The van der Waals surface area contributed by atoms with E-state index < -0.39 is 35.2 Å². The molecule has 2 aliphatic rings. The van der Waals surface area contributed by atoms with Gasteiger partial charge in [0.25, 0.3) is 11.8 Å². The second-order valence-corrected chi connectivity index (χ2v) is 8.69. The van der Waals surface area contributed by atoms with Crippen molar-refractivity contribution >= 4 is 64.2 Å². The van der Waals surface area contributed by atoms with Gasteiger partial charge in [0.2, 0.25) is 11.5 Å². The predicted molar refractivity (Wildman–Crippen MR) is 118 cm³/mol. The Kier molecular flexibility index (Phi) is 8.17. The van der Waals surface area contributed by atoms with Gasteiger partial charge in [0.1, 0.15) is 36.6 Å². The number of amides is 2. The summed E-state index contributed by atoms with van der Waals surface area (Å²) in [4.78, 5) is 69.3. The van der Waals surface area contributed by atoms with Gasteiger partial charge in [-0.15, -0.1) is 11.8 Å². The highest BCUT2D eigenvalue weighted by Crippen LogP contribution is 2.40. The average Bonchev–Trinajstić information content (AvgIpc) is 3.24. The van der Waals surface area contributed by atoms with Gasteiger partial charge in [-0.2, -0.15) is 9.36 Å². The van der Waals surface area contributed by atoms with E-state index in [9.17, 15) is 29.1 Å². The first-order valence-electron chi connectivity index (χ1n) is 9.88. The molecule has 3 rings (SSSR count). The highest BCUT2D eigenvalue weighted by molar-refractivity contribution is 8.00. The Morgan fingerprint density at radius 1 is 1.41 bits per heavy atom. The number of ether oxygens (including phenoxy) is 1. The van der Waals surface area contributed by atoms with Crippen LogP contribution in [-0.4, -0.2) is 85.5 Å². The Bertz CT molecular complexity index is 1070. The number of carboxylic acids is 1. The van der Waals surface area contributed by atoms with Crippen molar-refractivity contribution in [1.82, 2.24) is 19.6 Å². The Morgan fingerprint density at radius 2 is 2.18 bits per heavy atom. The minimum absolute atomic E-state index is 0.00984. The molecule has 1 saturated heterocycles. The van der Waals surface area contributed by atoms with E-state index in [-0.39, 0.29) is 59.7 Å². The number of oxime groups is 1. The lowest BCUT2D eigenvalue weighted by atomic mass is 10.0. The molecule has 0 spiro atoms. The predicted octanol–water partition coefficient (Wildman–Crippen LogP) is -0.878. The molecule has 3 heterocycles. The molecule has 2 atom stereocenters. The number of anilines is 1. The number of aliphatic carboxylic acids is 1. The van der Waals surface area contributed by atoms with Crippen LogP contribution in [0.5, 0.6) is 0 Å². The van der Waals surface area contributed by atoms with Gasteiger partial charge in [0, 0.05) is 29.3 Å². The Labute approximate surface area is 200 Å². The van der Waals surface area contributed by atoms with Crippen molar-refractivity contribution in [1.29, 1.82) is 0 Å². The maximum absolute atomic E-state index is 12.8. The summed E-state index contributed by atoms with van der Waals surface area (Å²) in [5, 5.41) is 15.3. The topological polar surface area (TPSA) is 203 Å². The number of carbonyl (C=O) groups is 5. The average molecular weight is 513 g/mol. The largest absolute Gasteiger partial charge is 0.477 e. The van der Waals surface area contributed by atoms with Crippen LogP contribution in [0.4, 0.5) is 5.13 Å². The van der Waals surface area contributed by atoms with Crippen molar-refractivity contribution in [2.24, 2.45) is 5.16 Å². The standard InChI is InChI=1S/C18H20N6O8S2/c1-2-32-22-10(13-21-18(19)34-23-13)14(27)20-11-15(28)24-12(17(29)30)8(7-33-16(11)24)6-31-9(26)4-3-5-25/h5,11,16H,2-4,6-7H2,1H3,(H,20,27)(H,29,30)(H2,19,21,23)/b22-10-/t11-,16+/m1/s1. The maximum Gasteiger partial charge on any atom is 0.352 e. The Hall–Kier alpha value is -3.53. The number of nitrogens with two attached hydrogens (primary N) is 1. The summed E-state index contributed by atoms with van der Waals surface area (Å²) < 4.78 is 8.95. The number of aldehydes is 1. The van der Waals surface area contributed by atoms with Crippen LogP contribution in [-0.2, 0) is 33.5 Å². The highest BCUT2D eigenvalue weighted by Gasteiger charge is 2.54. The molecule has 1 aromatic heterocycles. The van der Waals surface area contributed by atoms with Crippen LogP contribution in [0.25, 0.3) is 0 Å². The van der Waals surface area contributed by atoms with E-state index in [0.717, 1.165) is 16.4 Å². The smallest absolute Gasteiger partial charge is 0.352 e. The highest BCUT2D eigenvalue weighted by atomic mass is 32.2. The van der Waals surface area contributed by atoms with Gasteiger partial charge >= 0.3 is 11.9 Å². The zero-order valence-electron chi connectivity index (χ0n) is 17.8. The number of nitrogens with zero attached hydrogens (tertiary/aromatic N) is 4. The van der Waals surface area contributed by atoms with E-state index in [1.807, 2.05) is 0 Å². The fourth-order valence-corrected chi connectivity index (χ4v) is 4.83. The van der Waals surface area contributed by atoms with E-state index in [1.54, 1.807) is 6.92 Å².